The van der Waals surface area contributed by atoms with E-state index in [-0.39, 0.29) is 0 Å². The summed E-state index contributed by atoms with van der Waals surface area (Å²) in [4.78, 5) is 4.20. The van der Waals surface area contributed by atoms with Crippen LogP contribution in [0.2, 0.25) is 0 Å². The quantitative estimate of drug-likeness (QED) is 0.740. The molecule has 0 saturated heterocycles. The van der Waals surface area contributed by atoms with Crippen molar-refractivity contribution in [2.45, 2.75) is 12.8 Å². The maximum atomic E-state index is 5.81. The fraction of sp³-hybridized carbons (Fsp3) is 0.154. The molecule has 0 radical (unpaired) electrons. The fourth-order valence-electron chi connectivity index (χ4n) is 1.63. The summed E-state index contributed by atoms with van der Waals surface area (Å²) < 4.78 is 1.11. The fourth-order valence-corrected chi connectivity index (χ4v) is 2.14. The standard InChI is InChI=1S/C13H11BrClN/c1-9-12(3-2-4-13(9)14)11-5-10(6-15)7-16-8-11/h2-5,7-8H,6H2,1H3. The predicted molar refractivity (Wildman–Crippen MR) is 71.7 cm³/mol. The van der Waals surface area contributed by atoms with E-state index in [2.05, 4.69) is 40.0 Å². The Balaban J connectivity index is 2.54. The first-order valence-electron chi connectivity index (χ1n) is 4.97. The molecule has 0 bridgehead atoms. The van der Waals surface area contributed by atoms with Crippen molar-refractivity contribution in [2.75, 3.05) is 0 Å². The summed E-state index contributed by atoms with van der Waals surface area (Å²) in [6, 6.07) is 8.24. The van der Waals surface area contributed by atoms with Crippen molar-refractivity contribution < 1.29 is 0 Å². The highest BCUT2D eigenvalue weighted by Gasteiger charge is 2.05. The smallest absolute Gasteiger partial charge is 0.0489 e. The molecule has 0 aliphatic carbocycles. The van der Waals surface area contributed by atoms with E-state index in [0.29, 0.717) is 5.88 Å². The molecule has 16 heavy (non-hydrogen) atoms. The third-order valence-corrected chi connectivity index (χ3v) is 3.70. The average Bonchev–Trinajstić information content (AvgIpc) is 2.33. The normalized spacial score (nSPS) is 10.4. The average molecular weight is 297 g/mol. The van der Waals surface area contributed by atoms with Gasteiger partial charge in [-0.05, 0) is 35.7 Å². The Hall–Kier alpha value is -0.860. The van der Waals surface area contributed by atoms with E-state index < -0.39 is 0 Å². The monoisotopic (exact) mass is 295 g/mol. The molecular weight excluding hydrogens is 286 g/mol. The van der Waals surface area contributed by atoms with Crippen LogP contribution in [0.15, 0.2) is 41.1 Å². The molecule has 0 aliphatic rings. The second-order valence-corrected chi connectivity index (χ2v) is 4.75. The van der Waals surface area contributed by atoms with Crippen molar-refractivity contribution in [1.29, 1.82) is 0 Å². The molecule has 3 heteroatoms. The summed E-state index contributed by atoms with van der Waals surface area (Å²) in [5.41, 5.74) is 4.56. The summed E-state index contributed by atoms with van der Waals surface area (Å²) in [6.07, 6.45) is 3.66. The number of hydrogen-bond acceptors (Lipinski definition) is 1. The molecule has 0 saturated carbocycles. The first-order chi connectivity index (χ1) is 7.72. The summed E-state index contributed by atoms with van der Waals surface area (Å²) >= 11 is 9.34. The number of alkyl halides is 1. The van der Waals surface area contributed by atoms with Gasteiger partial charge in [0, 0.05) is 28.3 Å². The molecule has 0 spiro atoms. The van der Waals surface area contributed by atoms with E-state index in [1.165, 1.54) is 11.1 Å². The lowest BCUT2D eigenvalue weighted by atomic mass is 10.0. The molecule has 82 valence electrons. The molecule has 0 atom stereocenters. The second-order valence-electron chi connectivity index (χ2n) is 3.63. The Bertz CT molecular complexity index is 511. The van der Waals surface area contributed by atoms with Gasteiger partial charge < -0.3 is 0 Å². The van der Waals surface area contributed by atoms with Crippen LogP contribution in [0.4, 0.5) is 0 Å². The zero-order valence-electron chi connectivity index (χ0n) is 8.87. The van der Waals surface area contributed by atoms with E-state index >= 15 is 0 Å². The van der Waals surface area contributed by atoms with Crippen LogP contribution in [0, 0.1) is 6.92 Å². The van der Waals surface area contributed by atoms with Crippen molar-refractivity contribution in [1.82, 2.24) is 4.98 Å². The number of hydrogen-bond donors (Lipinski definition) is 0. The Morgan fingerprint density at radius 3 is 2.88 bits per heavy atom. The lowest BCUT2D eigenvalue weighted by molar-refractivity contribution is 1.24. The Morgan fingerprint density at radius 2 is 2.12 bits per heavy atom. The van der Waals surface area contributed by atoms with E-state index in [4.69, 9.17) is 11.6 Å². The predicted octanol–water partition coefficient (Wildman–Crippen LogP) is 4.56. The summed E-state index contributed by atoms with van der Waals surface area (Å²) in [5.74, 6) is 0.494. The van der Waals surface area contributed by atoms with Crippen molar-refractivity contribution in [3.05, 3.63) is 52.3 Å². The zero-order valence-corrected chi connectivity index (χ0v) is 11.2. The van der Waals surface area contributed by atoms with Crippen LogP contribution in [-0.4, -0.2) is 4.98 Å². The van der Waals surface area contributed by atoms with Crippen LogP contribution in [0.1, 0.15) is 11.1 Å². The maximum absolute atomic E-state index is 5.81. The molecule has 0 N–H and O–H groups in total. The Kier molecular flexibility index (Phi) is 3.62. The maximum Gasteiger partial charge on any atom is 0.0489 e. The van der Waals surface area contributed by atoms with E-state index in [1.807, 2.05) is 18.3 Å². The molecule has 1 heterocycles. The molecule has 1 aromatic heterocycles. The Labute approximate surface area is 109 Å². The van der Waals surface area contributed by atoms with Gasteiger partial charge in [0.2, 0.25) is 0 Å². The van der Waals surface area contributed by atoms with Gasteiger partial charge in [-0.3, -0.25) is 4.98 Å². The topological polar surface area (TPSA) is 12.9 Å². The first kappa shape index (κ1) is 11.6. The molecule has 1 nitrogen and oxygen atoms in total. The van der Waals surface area contributed by atoms with Crippen LogP contribution in [0.3, 0.4) is 0 Å². The van der Waals surface area contributed by atoms with Crippen LogP contribution in [0.25, 0.3) is 11.1 Å². The van der Waals surface area contributed by atoms with Gasteiger partial charge >= 0.3 is 0 Å². The number of benzene rings is 1. The third kappa shape index (κ3) is 2.28. The third-order valence-electron chi connectivity index (χ3n) is 2.53. The second kappa shape index (κ2) is 4.98. The van der Waals surface area contributed by atoms with Crippen LogP contribution in [0.5, 0.6) is 0 Å². The lowest BCUT2D eigenvalue weighted by Crippen LogP contribution is -1.88. The van der Waals surface area contributed by atoms with Gasteiger partial charge in [0.25, 0.3) is 0 Å². The minimum Gasteiger partial charge on any atom is -0.264 e. The van der Waals surface area contributed by atoms with Crippen LogP contribution in [-0.2, 0) is 5.88 Å². The van der Waals surface area contributed by atoms with Crippen LogP contribution >= 0.6 is 27.5 Å². The molecule has 0 aliphatic heterocycles. The highest BCUT2D eigenvalue weighted by atomic mass is 79.9. The van der Waals surface area contributed by atoms with Gasteiger partial charge in [0.1, 0.15) is 0 Å². The lowest BCUT2D eigenvalue weighted by Gasteiger charge is -2.08. The number of pyridine rings is 1. The van der Waals surface area contributed by atoms with Gasteiger partial charge in [-0.25, -0.2) is 0 Å². The Morgan fingerprint density at radius 1 is 1.31 bits per heavy atom. The van der Waals surface area contributed by atoms with Gasteiger partial charge in [0.15, 0.2) is 0 Å². The van der Waals surface area contributed by atoms with E-state index in [0.717, 1.165) is 15.6 Å². The summed E-state index contributed by atoms with van der Waals surface area (Å²) in [7, 11) is 0. The summed E-state index contributed by atoms with van der Waals surface area (Å²) in [5, 5.41) is 0. The van der Waals surface area contributed by atoms with Gasteiger partial charge in [-0.1, -0.05) is 28.1 Å². The van der Waals surface area contributed by atoms with Crippen molar-refractivity contribution in [3.63, 3.8) is 0 Å². The molecule has 0 unspecified atom stereocenters. The largest absolute Gasteiger partial charge is 0.264 e. The molecule has 1 aromatic carbocycles. The van der Waals surface area contributed by atoms with E-state index in [1.54, 1.807) is 6.20 Å². The van der Waals surface area contributed by atoms with Gasteiger partial charge in [-0.2, -0.15) is 0 Å². The molecule has 0 fully saturated rings. The highest BCUT2D eigenvalue weighted by molar-refractivity contribution is 9.10. The van der Waals surface area contributed by atoms with Crippen molar-refractivity contribution >= 4 is 27.5 Å². The number of halogens is 2. The summed E-state index contributed by atoms with van der Waals surface area (Å²) in [6.45, 7) is 2.09. The molecule has 2 rings (SSSR count). The van der Waals surface area contributed by atoms with Gasteiger partial charge in [0.05, 0.1) is 0 Å². The number of rotatable bonds is 2. The van der Waals surface area contributed by atoms with Crippen molar-refractivity contribution in [2.24, 2.45) is 0 Å². The molecule has 2 aromatic rings. The number of nitrogens with zero attached hydrogens (tertiary/aromatic N) is 1. The minimum absolute atomic E-state index is 0.494. The SMILES string of the molecule is Cc1c(Br)cccc1-c1cncc(CCl)c1. The van der Waals surface area contributed by atoms with Gasteiger partial charge in [-0.15, -0.1) is 11.6 Å². The first-order valence-corrected chi connectivity index (χ1v) is 6.30. The van der Waals surface area contributed by atoms with Crippen LogP contribution < -0.4 is 0 Å². The van der Waals surface area contributed by atoms with Crippen molar-refractivity contribution in [3.8, 4) is 11.1 Å². The van der Waals surface area contributed by atoms with E-state index in [9.17, 15) is 0 Å². The highest BCUT2D eigenvalue weighted by Crippen LogP contribution is 2.28. The molecule has 0 amide bonds. The zero-order chi connectivity index (χ0) is 11.5. The minimum atomic E-state index is 0.494. The molecular formula is C13H11BrClN. The number of aromatic nitrogens is 1.